The molecule has 5 heterocycles. The molecule has 11 nitrogen and oxygen atoms in total. The highest BCUT2D eigenvalue weighted by Crippen LogP contribution is 2.34. The fourth-order valence-electron chi connectivity index (χ4n) is 4.27. The lowest BCUT2D eigenvalue weighted by Gasteiger charge is -2.35. The minimum atomic E-state index is -0.484. The Hall–Kier alpha value is -3.09. The number of hydrogen-bond acceptors (Lipinski definition) is 11. The first-order valence-electron chi connectivity index (χ1n) is 12.2. The predicted molar refractivity (Wildman–Crippen MR) is 139 cm³/mol. The molecule has 0 bridgehead atoms. The van der Waals surface area contributed by atoms with Crippen molar-refractivity contribution in [3.05, 3.63) is 23.3 Å². The van der Waals surface area contributed by atoms with Crippen molar-refractivity contribution in [1.82, 2.24) is 29.7 Å². The third-order valence-electron chi connectivity index (χ3n) is 6.07. The van der Waals surface area contributed by atoms with Crippen LogP contribution in [0.25, 0.3) is 21.6 Å². The minimum Gasteiger partial charge on any atom is -0.444 e. The van der Waals surface area contributed by atoms with E-state index in [4.69, 9.17) is 25.2 Å². The van der Waals surface area contributed by atoms with Crippen molar-refractivity contribution >= 4 is 39.4 Å². The summed E-state index contributed by atoms with van der Waals surface area (Å²) in [4.78, 5) is 38.9. The van der Waals surface area contributed by atoms with Crippen molar-refractivity contribution in [2.24, 2.45) is 0 Å². The molecule has 2 aliphatic rings. The molecule has 3 aromatic heterocycles. The van der Waals surface area contributed by atoms with Gasteiger partial charge in [0.25, 0.3) is 0 Å². The number of amides is 1. The predicted octanol–water partition coefficient (Wildman–Crippen LogP) is 2.62. The largest absolute Gasteiger partial charge is 0.444 e. The van der Waals surface area contributed by atoms with Crippen molar-refractivity contribution in [2.75, 3.05) is 63.1 Å². The third-order valence-corrected chi connectivity index (χ3v) is 7.08. The summed E-state index contributed by atoms with van der Waals surface area (Å²) in [5, 5.41) is 1.05. The minimum absolute atomic E-state index is 0.221. The number of anilines is 2. The molecular weight excluding hydrogens is 480 g/mol. The number of carbonyl (C=O) groups excluding carboxylic acids is 1. The van der Waals surface area contributed by atoms with E-state index >= 15 is 0 Å². The smallest absolute Gasteiger partial charge is 0.410 e. The number of fused-ring (bicyclic) bond motifs is 1. The third kappa shape index (κ3) is 5.66. The van der Waals surface area contributed by atoms with E-state index in [0.717, 1.165) is 54.3 Å². The molecule has 36 heavy (non-hydrogen) atoms. The Morgan fingerprint density at radius 2 is 1.78 bits per heavy atom. The lowest BCUT2D eigenvalue weighted by Crippen LogP contribution is -2.49. The van der Waals surface area contributed by atoms with Gasteiger partial charge in [-0.1, -0.05) is 0 Å². The van der Waals surface area contributed by atoms with Gasteiger partial charge in [-0.05, 0) is 26.8 Å². The highest BCUT2D eigenvalue weighted by atomic mass is 32.1. The van der Waals surface area contributed by atoms with Gasteiger partial charge in [0.05, 0.1) is 24.2 Å². The van der Waals surface area contributed by atoms with E-state index < -0.39 is 5.60 Å². The first-order valence-corrected chi connectivity index (χ1v) is 13.0. The van der Waals surface area contributed by atoms with Gasteiger partial charge in [-0.2, -0.15) is 0 Å². The molecule has 0 saturated carbocycles. The molecule has 3 aromatic rings. The maximum atomic E-state index is 12.4. The van der Waals surface area contributed by atoms with Crippen LogP contribution < -0.4 is 10.6 Å². The van der Waals surface area contributed by atoms with E-state index in [1.807, 2.05) is 20.8 Å². The fourth-order valence-corrected chi connectivity index (χ4v) is 5.33. The van der Waals surface area contributed by atoms with Crippen LogP contribution in [0.2, 0.25) is 0 Å². The van der Waals surface area contributed by atoms with Gasteiger partial charge in [-0.25, -0.2) is 24.7 Å². The van der Waals surface area contributed by atoms with Crippen LogP contribution in [0.4, 0.5) is 16.6 Å². The summed E-state index contributed by atoms with van der Waals surface area (Å²) in [6.07, 6.45) is 3.07. The lowest BCUT2D eigenvalue weighted by atomic mass is 10.2. The van der Waals surface area contributed by atoms with Gasteiger partial charge in [-0.15, -0.1) is 11.3 Å². The van der Waals surface area contributed by atoms with E-state index in [1.165, 1.54) is 4.88 Å². The van der Waals surface area contributed by atoms with Gasteiger partial charge in [-0.3, -0.25) is 4.90 Å². The molecule has 2 saturated heterocycles. The second-order valence-electron chi connectivity index (χ2n) is 9.98. The van der Waals surface area contributed by atoms with E-state index in [2.05, 4.69) is 25.8 Å². The van der Waals surface area contributed by atoms with Crippen LogP contribution >= 0.6 is 11.3 Å². The summed E-state index contributed by atoms with van der Waals surface area (Å²) in [5.74, 6) is 1.72. The van der Waals surface area contributed by atoms with Gasteiger partial charge < -0.3 is 25.0 Å². The number of hydrogen-bond donors (Lipinski definition) is 1. The number of carbonyl (C=O) groups is 1. The Balaban J connectivity index is 1.36. The van der Waals surface area contributed by atoms with E-state index in [9.17, 15) is 4.79 Å². The Kier molecular flexibility index (Phi) is 6.91. The van der Waals surface area contributed by atoms with Crippen molar-refractivity contribution in [3.63, 3.8) is 0 Å². The number of nitrogens with two attached hydrogens (primary N) is 1. The maximum Gasteiger partial charge on any atom is 0.410 e. The summed E-state index contributed by atoms with van der Waals surface area (Å²) in [7, 11) is 0. The molecule has 0 aromatic carbocycles. The van der Waals surface area contributed by atoms with Crippen molar-refractivity contribution in [2.45, 2.75) is 32.9 Å². The summed E-state index contributed by atoms with van der Waals surface area (Å²) >= 11 is 1.67. The second-order valence-corrected chi connectivity index (χ2v) is 11.1. The first kappa shape index (κ1) is 24.6. The lowest BCUT2D eigenvalue weighted by molar-refractivity contribution is 0.0140. The average molecular weight is 513 g/mol. The molecule has 2 N–H and O–H groups in total. The number of piperazine rings is 1. The summed E-state index contributed by atoms with van der Waals surface area (Å²) < 4.78 is 11.1. The number of ether oxygens (including phenoxy) is 2. The first-order chi connectivity index (χ1) is 17.2. The number of rotatable bonds is 4. The molecule has 1 amide bonds. The summed E-state index contributed by atoms with van der Waals surface area (Å²) in [6, 6.07) is 2.20. The van der Waals surface area contributed by atoms with Gasteiger partial charge in [0, 0.05) is 63.1 Å². The molecule has 2 aliphatic heterocycles. The Labute approximate surface area is 214 Å². The fraction of sp³-hybridized carbons (Fsp3) is 0.542. The number of nitrogen functional groups attached to an aromatic ring is 1. The molecule has 12 heteroatoms. The van der Waals surface area contributed by atoms with Crippen LogP contribution in [-0.2, 0) is 16.0 Å². The molecule has 5 rings (SSSR count). The maximum absolute atomic E-state index is 12.4. The zero-order valence-corrected chi connectivity index (χ0v) is 21.8. The SMILES string of the molecule is CC(C)(C)OC(=O)N1CCN(Cc2cc3c(N4CCOCC4)nc(-c4cnc(N)nc4)nc3s2)CC1. The van der Waals surface area contributed by atoms with Gasteiger partial charge in [0.1, 0.15) is 16.2 Å². The molecule has 0 aliphatic carbocycles. The van der Waals surface area contributed by atoms with Gasteiger partial charge in [0.2, 0.25) is 5.95 Å². The summed E-state index contributed by atoms with van der Waals surface area (Å²) in [6.45, 7) is 12.3. The Bertz CT molecular complexity index is 1210. The van der Waals surface area contributed by atoms with Crippen molar-refractivity contribution < 1.29 is 14.3 Å². The number of thiophene rings is 1. The van der Waals surface area contributed by atoms with Crippen LogP contribution in [0.1, 0.15) is 25.6 Å². The standard InChI is InChI=1S/C24H32N8O3S/c1-24(2,3)35-23(33)32-6-4-30(5-7-32)15-17-12-18-20(31-8-10-34-11-9-31)28-19(29-21(18)36-17)16-13-26-22(25)27-14-16/h12-14H,4-11,15H2,1-3H3,(H2,25,26,27). The highest BCUT2D eigenvalue weighted by molar-refractivity contribution is 7.18. The molecule has 0 atom stereocenters. The molecule has 2 fully saturated rings. The van der Waals surface area contributed by atoms with Crippen LogP contribution in [0.15, 0.2) is 18.5 Å². The second kappa shape index (κ2) is 10.1. The molecule has 0 spiro atoms. The Morgan fingerprint density at radius 3 is 2.44 bits per heavy atom. The zero-order valence-electron chi connectivity index (χ0n) is 20.9. The van der Waals surface area contributed by atoms with Gasteiger partial charge in [0.15, 0.2) is 5.82 Å². The zero-order chi connectivity index (χ0) is 25.3. The molecule has 192 valence electrons. The van der Waals surface area contributed by atoms with E-state index in [1.54, 1.807) is 28.6 Å². The normalized spacial score (nSPS) is 17.5. The van der Waals surface area contributed by atoms with Crippen LogP contribution in [-0.4, -0.2) is 93.9 Å². The number of morpholine rings is 1. The highest BCUT2D eigenvalue weighted by Gasteiger charge is 2.27. The molecule has 0 radical (unpaired) electrons. The molecule has 0 unspecified atom stereocenters. The van der Waals surface area contributed by atoms with Crippen molar-refractivity contribution in [1.29, 1.82) is 0 Å². The van der Waals surface area contributed by atoms with Crippen LogP contribution in [0.5, 0.6) is 0 Å². The quantitative estimate of drug-likeness (QED) is 0.558. The van der Waals surface area contributed by atoms with E-state index in [0.29, 0.717) is 32.1 Å². The number of nitrogens with zero attached hydrogens (tertiary/aromatic N) is 7. The van der Waals surface area contributed by atoms with Crippen LogP contribution in [0.3, 0.4) is 0 Å². The number of aromatic nitrogens is 4. The topological polar surface area (TPSA) is 123 Å². The molecular formula is C24H32N8O3S. The monoisotopic (exact) mass is 512 g/mol. The Morgan fingerprint density at radius 1 is 1.08 bits per heavy atom. The average Bonchev–Trinajstić information content (AvgIpc) is 3.26. The van der Waals surface area contributed by atoms with Gasteiger partial charge >= 0.3 is 6.09 Å². The van der Waals surface area contributed by atoms with E-state index in [-0.39, 0.29) is 12.0 Å². The summed E-state index contributed by atoms with van der Waals surface area (Å²) in [5.41, 5.74) is 5.92. The van der Waals surface area contributed by atoms with Crippen molar-refractivity contribution in [3.8, 4) is 11.4 Å². The van der Waals surface area contributed by atoms with Crippen LogP contribution in [0, 0.1) is 0 Å².